The Kier molecular flexibility index (Phi) is 3.52. The molecule has 2 aromatic rings. The number of hydrogen-bond acceptors (Lipinski definition) is 3. The summed E-state index contributed by atoms with van der Waals surface area (Å²) < 4.78 is 5.37. The van der Waals surface area contributed by atoms with Gasteiger partial charge in [-0.15, -0.1) is 0 Å². The summed E-state index contributed by atoms with van der Waals surface area (Å²) in [6, 6.07) is 13.1. The summed E-state index contributed by atoms with van der Waals surface area (Å²) in [7, 11) is 1.62. The molecule has 0 amide bonds. The van der Waals surface area contributed by atoms with Crippen LogP contribution < -0.4 is 4.74 Å². The van der Waals surface area contributed by atoms with Crippen molar-refractivity contribution < 1.29 is 9.53 Å². The molecule has 0 saturated heterocycles. The predicted molar refractivity (Wildman–Crippen MR) is 84.9 cm³/mol. The van der Waals surface area contributed by atoms with E-state index in [1.54, 1.807) is 19.2 Å². The molecule has 3 rings (SSSR count). The summed E-state index contributed by atoms with van der Waals surface area (Å²) in [5.74, 6) is 0.827. The molecule has 0 radical (unpaired) electrons. The Morgan fingerprint density at radius 1 is 1.18 bits per heavy atom. The number of carbonyl (C=O) groups excluding carboxylic acids is 1. The Balaban J connectivity index is 2.01. The number of ether oxygens (including phenoxy) is 1. The lowest BCUT2D eigenvalue weighted by atomic mass is 10.0. The zero-order chi connectivity index (χ0) is 15.7. The van der Waals surface area contributed by atoms with Crippen molar-refractivity contribution in [2.24, 2.45) is 0 Å². The fourth-order valence-electron chi connectivity index (χ4n) is 2.83. The third-order valence-corrected chi connectivity index (χ3v) is 3.96. The minimum Gasteiger partial charge on any atom is -0.496 e. The van der Waals surface area contributed by atoms with E-state index in [-0.39, 0.29) is 5.78 Å². The van der Waals surface area contributed by atoms with Crippen LogP contribution in [0.25, 0.3) is 6.08 Å². The summed E-state index contributed by atoms with van der Waals surface area (Å²) in [6.45, 7) is 1.95. The summed E-state index contributed by atoms with van der Waals surface area (Å²) in [4.78, 5) is 12.6. The number of nitrogens with zero attached hydrogens (tertiary/aromatic N) is 1. The van der Waals surface area contributed by atoms with Crippen molar-refractivity contribution in [3.8, 4) is 11.8 Å². The molecule has 0 N–H and O–H groups in total. The first-order valence-corrected chi connectivity index (χ1v) is 7.06. The highest BCUT2D eigenvalue weighted by molar-refractivity contribution is 6.16. The summed E-state index contributed by atoms with van der Waals surface area (Å²) >= 11 is 0. The Morgan fingerprint density at radius 3 is 2.55 bits per heavy atom. The predicted octanol–water partition coefficient (Wildman–Crippen LogP) is 3.70. The van der Waals surface area contributed by atoms with Crippen LogP contribution in [0.3, 0.4) is 0 Å². The van der Waals surface area contributed by atoms with Crippen LogP contribution in [-0.4, -0.2) is 12.9 Å². The van der Waals surface area contributed by atoms with E-state index in [0.29, 0.717) is 12.0 Å². The maximum atomic E-state index is 12.6. The topological polar surface area (TPSA) is 50.1 Å². The Hall–Kier alpha value is -2.86. The molecule has 0 aliphatic heterocycles. The van der Waals surface area contributed by atoms with Crippen LogP contribution in [0.1, 0.15) is 32.6 Å². The lowest BCUT2D eigenvalue weighted by Crippen LogP contribution is -1.99. The molecule has 0 atom stereocenters. The molecule has 0 unspecified atom stereocenters. The van der Waals surface area contributed by atoms with Crippen molar-refractivity contribution in [1.82, 2.24) is 0 Å². The van der Waals surface area contributed by atoms with Crippen molar-refractivity contribution in [3.63, 3.8) is 0 Å². The zero-order valence-electron chi connectivity index (χ0n) is 12.5. The second-order valence-corrected chi connectivity index (χ2v) is 5.35. The first-order valence-electron chi connectivity index (χ1n) is 7.06. The van der Waals surface area contributed by atoms with Gasteiger partial charge in [-0.05, 0) is 42.3 Å². The van der Waals surface area contributed by atoms with Gasteiger partial charge < -0.3 is 4.74 Å². The average Bonchev–Trinajstić information content (AvgIpc) is 2.86. The van der Waals surface area contributed by atoms with Crippen molar-refractivity contribution in [2.75, 3.05) is 7.11 Å². The second-order valence-electron chi connectivity index (χ2n) is 5.35. The normalized spacial score (nSPS) is 14.8. The quantitative estimate of drug-likeness (QED) is 0.792. The summed E-state index contributed by atoms with van der Waals surface area (Å²) in [5, 5.41) is 8.83. The van der Waals surface area contributed by atoms with Gasteiger partial charge in [0.2, 0.25) is 0 Å². The number of Topliss-reactive ketones (excluding diaryl/α,β-unsaturated/α-hetero) is 1. The number of methoxy groups -OCH3 is 1. The van der Waals surface area contributed by atoms with E-state index in [2.05, 4.69) is 6.07 Å². The number of rotatable bonds is 2. The third-order valence-electron chi connectivity index (χ3n) is 3.96. The highest BCUT2D eigenvalue weighted by atomic mass is 16.5. The first-order chi connectivity index (χ1) is 10.6. The zero-order valence-corrected chi connectivity index (χ0v) is 12.5. The van der Waals surface area contributed by atoms with Gasteiger partial charge in [0.05, 0.1) is 18.7 Å². The second kappa shape index (κ2) is 5.50. The van der Waals surface area contributed by atoms with E-state index in [9.17, 15) is 4.79 Å². The van der Waals surface area contributed by atoms with Crippen LogP contribution in [0, 0.1) is 18.3 Å². The highest BCUT2D eigenvalue weighted by Gasteiger charge is 2.29. The molecule has 0 aromatic heterocycles. The number of ketones is 1. The van der Waals surface area contributed by atoms with E-state index in [4.69, 9.17) is 10.00 Å². The van der Waals surface area contributed by atoms with Gasteiger partial charge in [0.15, 0.2) is 5.78 Å². The Labute approximate surface area is 129 Å². The number of nitriles is 1. The summed E-state index contributed by atoms with van der Waals surface area (Å²) in [5.41, 5.74) is 5.00. The van der Waals surface area contributed by atoms with Crippen LogP contribution in [0.4, 0.5) is 0 Å². The van der Waals surface area contributed by atoms with Crippen molar-refractivity contribution in [1.29, 1.82) is 5.26 Å². The summed E-state index contributed by atoms with van der Waals surface area (Å²) in [6.07, 6.45) is 2.47. The van der Waals surface area contributed by atoms with Gasteiger partial charge in [0.1, 0.15) is 5.75 Å². The van der Waals surface area contributed by atoms with Crippen LogP contribution >= 0.6 is 0 Å². The van der Waals surface area contributed by atoms with Gasteiger partial charge >= 0.3 is 0 Å². The van der Waals surface area contributed by atoms with E-state index in [0.717, 1.165) is 33.6 Å². The van der Waals surface area contributed by atoms with E-state index in [1.165, 1.54) is 0 Å². The lowest BCUT2D eigenvalue weighted by Gasteiger charge is -2.07. The van der Waals surface area contributed by atoms with Crippen LogP contribution in [0.5, 0.6) is 5.75 Å². The number of fused-ring (bicyclic) bond motifs is 1. The molecule has 0 bridgehead atoms. The number of aryl methyl sites for hydroxylation is 1. The van der Waals surface area contributed by atoms with E-state index >= 15 is 0 Å². The molecule has 3 heteroatoms. The smallest absolute Gasteiger partial charge is 0.190 e. The van der Waals surface area contributed by atoms with Gasteiger partial charge in [-0.2, -0.15) is 5.26 Å². The number of carbonyl (C=O) groups is 1. The van der Waals surface area contributed by atoms with Crippen molar-refractivity contribution in [2.45, 2.75) is 13.3 Å². The van der Waals surface area contributed by atoms with E-state index < -0.39 is 0 Å². The van der Waals surface area contributed by atoms with Crippen LogP contribution in [-0.2, 0) is 6.42 Å². The molecule has 1 aliphatic rings. The molecular formula is C19H15NO2. The Bertz CT molecular complexity index is 824. The standard InChI is InChI=1S/C19H15NO2/c1-12-3-8-17(22-2)16-10-15(19(21)18(12)16)9-13-4-6-14(11-20)7-5-13/h3-9H,10H2,1-2H3/b15-9+. The molecule has 1 aliphatic carbocycles. The molecule has 0 heterocycles. The van der Waals surface area contributed by atoms with Crippen LogP contribution in [0.2, 0.25) is 0 Å². The molecular weight excluding hydrogens is 274 g/mol. The van der Waals surface area contributed by atoms with Gasteiger partial charge in [0.25, 0.3) is 0 Å². The minimum atomic E-state index is 0.0655. The first kappa shape index (κ1) is 14.1. The van der Waals surface area contributed by atoms with Gasteiger partial charge in [-0.25, -0.2) is 0 Å². The molecule has 0 spiro atoms. The minimum absolute atomic E-state index is 0.0655. The maximum Gasteiger partial charge on any atom is 0.190 e. The van der Waals surface area contributed by atoms with Crippen molar-refractivity contribution >= 4 is 11.9 Å². The Morgan fingerprint density at radius 2 is 1.91 bits per heavy atom. The van der Waals surface area contributed by atoms with Crippen molar-refractivity contribution in [3.05, 3.63) is 69.8 Å². The molecule has 108 valence electrons. The molecule has 0 fully saturated rings. The lowest BCUT2D eigenvalue weighted by molar-refractivity contribution is 0.104. The van der Waals surface area contributed by atoms with Gasteiger partial charge in [0, 0.05) is 23.1 Å². The van der Waals surface area contributed by atoms with Crippen LogP contribution in [0.15, 0.2) is 42.0 Å². The SMILES string of the molecule is COc1ccc(C)c2c1C/C(=C\c1ccc(C#N)cc1)C2=O. The number of benzene rings is 2. The van der Waals surface area contributed by atoms with E-state index in [1.807, 2.05) is 37.3 Å². The fraction of sp³-hybridized carbons (Fsp3) is 0.158. The molecule has 2 aromatic carbocycles. The molecule has 3 nitrogen and oxygen atoms in total. The monoisotopic (exact) mass is 289 g/mol. The third kappa shape index (κ3) is 2.29. The maximum absolute atomic E-state index is 12.6. The molecule has 0 saturated carbocycles. The van der Waals surface area contributed by atoms with Gasteiger partial charge in [-0.3, -0.25) is 4.79 Å². The number of hydrogen-bond donors (Lipinski definition) is 0. The fourth-order valence-corrected chi connectivity index (χ4v) is 2.83. The van der Waals surface area contributed by atoms with Gasteiger partial charge in [-0.1, -0.05) is 18.2 Å². The largest absolute Gasteiger partial charge is 0.496 e. The molecule has 22 heavy (non-hydrogen) atoms. The number of allylic oxidation sites excluding steroid dienone is 1. The highest BCUT2D eigenvalue weighted by Crippen LogP contribution is 2.36. The average molecular weight is 289 g/mol.